The summed E-state index contributed by atoms with van der Waals surface area (Å²) in [5.74, 6) is -0.299. The van der Waals surface area contributed by atoms with Crippen LogP contribution in [-0.2, 0) is 15.0 Å². The molecule has 0 aromatic heterocycles. The van der Waals surface area contributed by atoms with E-state index in [1.807, 2.05) is 19.0 Å². The summed E-state index contributed by atoms with van der Waals surface area (Å²) in [6.07, 6.45) is 2.82. The van der Waals surface area contributed by atoms with Crippen molar-refractivity contribution in [3.63, 3.8) is 0 Å². The van der Waals surface area contributed by atoms with Crippen LogP contribution in [0.4, 0.5) is 0 Å². The average molecular weight is 306 g/mol. The first kappa shape index (κ1) is 17.4. The van der Waals surface area contributed by atoms with Gasteiger partial charge in [-0.1, -0.05) is 6.42 Å². The van der Waals surface area contributed by atoms with Gasteiger partial charge in [0.25, 0.3) is 10.2 Å². The molecule has 0 aliphatic carbocycles. The maximum Gasteiger partial charge on any atom is 0.280 e. The third-order valence-corrected chi connectivity index (χ3v) is 4.93. The molecule has 1 fully saturated rings. The lowest BCUT2D eigenvalue weighted by Gasteiger charge is -2.27. The van der Waals surface area contributed by atoms with E-state index in [4.69, 9.17) is 0 Å². The summed E-state index contributed by atoms with van der Waals surface area (Å²) in [5.41, 5.74) is 0. The van der Waals surface area contributed by atoms with Crippen molar-refractivity contribution in [2.45, 2.75) is 32.2 Å². The Kier molecular flexibility index (Phi) is 6.87. The molecule has 0 aromatic carbocycles. The second-order valence-corrected chi connectivity index (χ2v) is 7.10. The molecule has 1 saturated heterocycles. The smallest absolute Gasteiger partial charge is 0.280 e. The molecule has 1 atom stereocenters. The highest BCUT2D eigenvalue weighted by molar-refractivity contribution is 7.87. The largest absolute Gasteiger partial charge is 0.353 e. The van der Waals surface area contributed by atoms with Gasteiger partial charge in [-0.15, -0.1) is 0 Å². The third-order valence-electron chi connectivity index (χ3n) is 3.23. The van der Waals surface area contributed by atoms with E-state index in [0.29, 0.717) is 19.6 Å². The summed E-state index contributed by atoms with van der Waals surface area (Å²) in [4.78, 5) is 13.8. The Hall–Kier alpha value is -0.700. The van der Waals surface area contributed by atoms with Gasteiger partial charge in [-0.3, -0.25) is 4.79 Å². The van der Waals surface area contributed by atoms with Gasteiger partial charge < -0.3 is 10.2 Å². The highest BCUT2D eigenvalue weighted by Gasteiger charge is 2.27. The number of carbonyl (C=O) groups is 1. The molecule has 0 spiro atoms. The van der Waals surface area contributed by atoms with Gasteiger partial charge in [-0.2, -0.15) is 17.4 Å². The number of likely N-dealkylation sites (N-methyl/N-ethyl adjacent to an activating group) is 1. The standard InChI is InChI=1S/C12H26N4O3S/c1-11(12(17)13-7-10-15(2)3)14-20(18,19)16-8-5-4-6-9-16/h11,14H,4-10H2,1-3H3,(H,13,17)/t11-/m1/s1. The van der Waals surface area contributed by atoms with Crippen LogP contribution in [0.25, 0.3) is 0 Å². The summed E-state index contributed by atoms with van der Waals surface area (Å²) >= 11 is 0. The second-order valence-electron chi connectivity index (χ2n) is 5.40. The monoisotopic (exact) mass is 306 g/mol. The van der Waals surface area contributed by atoms with Crippen LogP contribution < -0.4 is 10.0 Å². The summed E-state index contributed by atoms with van der Waals surface area (Å²) in [5, 5.41) is 2.71. The lowest BCUT2D eigenvalue weighted by molar-refractivity contribution is -0.122. The fourth-order valence-corrected chi connectivity index (χ4v) is 3.45. The number of piperidine rings is 1. The number of hydrogen-bond acceptors (Lipinski definition) is 4. The van der Waals surface area contributed by atoms with Crippen molar-refractivity contribution in [3.05, 3.63) is 0 Å². The normalized spacial score (nSPS) is 19.0. The number of hydrogen-bond donors (Lipinski definition) is 2. The molecule has 1 aliphatic rings. The van der Waals surface area contributed by atoms with E-state index >= 15 is 0 Å². The number of amides is 1. The molecule has 1 rings (SSSR count). The van der Waals surface area contributed by atoms with Gasteiger partial charge in [-0.05, 0) is 33.9 Å². The Morgan fingerprint density at radius 1 is 1.25 bits per heavy atom. The number of nitrogens with zero attached hydrogens (tertiary/aromatic N) is 2. The number of carbonyl (C=O) groups excluding carboxylic acids is 1. The molecule has 0 aromatic rings. The maximum atomic E-state index is 12.1. The van der Waals surface area contributed by atoms with Crippen LogP contribution in [0.3, 0.4) is 0 Å². The maximum absolute atomic E-state index is 12.1. The van der Waals surface area contributed by atoms with Crippen molar-refractivity contribution in [3.8, 4) is 0 Å². The molecular weight excluding hydrogens is 280 g/mol. The first-order valence-corrected chi connectivity index (χ1v) is 8.47. The minimum absolute atomic E-state index is 0.299. The Labute approximate surface area is 121 Å². The molecule has 1 heterocycles. The van der Waals surface area contributed by atoms with Crippen LogP contribution in [-0.4, -0.2) is 69.8 Å². The molecule has 1 amide bonds. The first-order valence-electron chi connectivity index (χ1n) is 7.03. The zero-order valence-corrected chi connectivity index (χ0v) is 13.4. The molecule has 0 unspecified atom stereocenters. The predicted molar refractivity (Wildman–Crippen MR) is 78.5 cm³/mol. The second kappa shape index (κ2) is 7.92. The van der Waals surface area contributed by atoms with Crippen LogP contribution in [0.5, 0.6) is 0 Å². The zero-order chi connectivity index (χ0) is 15.2. The topological polar surface area (TPSA) is 81.8 Å². The molecule has 0 saturated carbocycles. The van der Waals surface area contributed by atoms with E-state index in [-0.39, 0.29) is 5.91 Å². The van der Waals surface area contributed by atoms with E-state index in [0.717, 1.165) is 25.8 Å². The summed E-state index contributed by atoms with van der Waals surface area (Å²) in [7, 11) is 0.266. The van der Waals surface area contributed by atoms with E-state index in [1.165, 1.54) is 4.31 Å². The van der Waals surface area contributed by atoms with Gasteiger partial charge in [-0.25, -0.2) is 0 Å². The molecule has 0 bridgehead atoms. The number of rotatable bonds is 7. The van der Waals surface area contributed by atoms with Gasteiger partial charge in [0.2, 0.25) is 5.91 Å². The van der Waals surface area contributed by atoms with Crippen LogP contribution in [0.15, 0.2) is 0 Å². The Morgan fingerprint density at radius 3 is 2.40 bits per heavy atom. The van der Waals surface area contributed by atoms with Gasteiger partial charge in [0.15, 0.2) is 0 Å². The fraction of sp³-hybridized carbons (Fsp3) is 0.917. The Morgan fingerprint density at radius 2 is 1.85 bits per heavy atom. The van der Waals surface area contributed by atoms with Crippen LogP contribution in [0.1, 0.15) is 26.2 Å². The van der Waals surface area contributed by atoms with Gasteiger partial charge >= 0.3 is 0 Å². The molecule has 20 heavy (non-hydrogen) atoms. The number of nitrogens with one attached hydrogen (secondary N) is 2. The molecular formula is C12H26N4O3S. The molecule has 7 nitrogen and oxygen atoms in total. The van der Waals surface area contributed by atoms with Crippen LogP contribution in [0, 0.1) is 0 Å². The minimum Gasteiger partial charge on any atom is -0.353 e. The van der Waals surface area contributed by atoms with Crippen molar-refractivity contribution in [2.75, 3.05) is 40.3 Å². The van der Waals surface area contributed by atoms with E-state index < -0.39 is 16.3 Å². The van der Waals surface area contributed by atoms with Gasteiger partial charge in [0, 0.05) is 26.2 Å². The van der Waals surface area contributed by atoms with E-state index in [2.05, 4.69) is 10.0 Å². The lowest BCUT2D eigenvalue weighted by atomic mass is 10.2. The highest BCUT2D eigenvalue weighted by Crippen LogP contribution is 2.12. The summed E-state index contributed by atoms with van der Waals surface area (Å²) in [6, 6.07) is -0.760. The summed E-state index contributed by atoms with van der Waals surface area (Å²) in [6.45, 7) is 3.85. The van der Waals surface area contributed by atoms with Crippen LogP contribution >= 0.6 is 0 Å². The van der Waals surface area contributed by atoms with E-state index in [9.17, 15) is 13.2 Å². The lowest BCUT2D eigenvalue weighted by Crippen LogP contribution is -2.51. The quantitative estimate of drug-likeness (QED) is 0.656. The van der Waals surface area contributed by atoms with E-state index in [1.54, 1.807) is 6.92 Å². The van der Waals surface area contributed by atoms with Crippen molar-refractivity contribution in [1.82, 2.24) is 19.2 Å². The molecule has 2 N–H and O–H groups in total. The van der Waals surface area contributed by atoms with Crippen molar-refractivity contribution in [2.24, 2.45) is 0 Å². The highest BCUT2D eigenvalue weighted by atomic mass is 32.2. The van der Waals surface area contributed by atoms with Crippen molar-refractivity contribution < 1.29 is 13.2 Å². The van der Waals surface area contributed by atoms with Crippen molar-refractivity contribution in [1.29, 1.82) is 0 Å². The average Bonchev–Trinajstić information content (AvgIpc) is 2.38. The van der Waals surface area contributed by atoms with Crippen LogP contribution in [0.2, 0.25) is 0 Å². The predicted octanol–water partition coefficient (Wildman–Crippen LogP) is -0.627. The third kappa shape index (κ3) is 5.74. The zero-order valence-electron chi connectivity index (χ0n) is 12.6. The van der Waals surface area contributed by atoms with Gasteiger partial charge in [0.1, 0.15) is 0 Å². The first-order chi connectivity index (χ1) is 9.33. The minimum atomic E-state index is -3.56. The summed E-state index contributed by atoms with van der Waals surface area (Å²) < 4.78 is 28.1. The molecule has 1 aliphatic heterocycles. The molecule has 0 radical (unpaired) electrons. The molecule has 8 heteroatoms. The molecule has 118 valence electrons. The SMILES string of the molecule is C[C@@H](NS(=O)(=O)N1CCCCC1)C(=O)NCCN(C)C. The van der Waals surface area contributed by atoms with Gasteiger partial charge in [0.05, 0.1) is 6.04 Å². The fourth-order valence-electron chi connectivity index (χ4n) is 2.01. The Balaban J connectivity index is 2.43. The Bertz CT molecular complexity index is 405. The van der Waals surface area contributed by atoms with Crippen molar-refractivity contribution >= 4 is 16.1 Å².